The molecule has 122 valence electrons. The number of nitrogens with one attached hydrogen (secondary N) is 2. The average Bonchev–Trinajstić information content (AvgIpc) is 2.73. The van der Waals surface area contributed by atoms with Crippen LogP contribution in [-0.2, 0) is 6.54 Å². The van der Waals surface area contributed by atoms with E-state index in [4.69, 9.17) is 0 Å². The molecule has 0 aromatic carbocycles. The quantitative estimate of drug-likeness (QED) is 0.731. The largest absolute Gasteiger partial charge is 0.369 e. The molecule has 2 aromatic heterocycles. The first-order chi connectivity index (χ1) is 10.6. The number of unbranched alkanes of at least 4 members (excludes halogenated alkanes) is 1. The van der Waals surface area contributed by atoms with E-state index in [9.17, 15) is 0 Å². The lowest BCUT2D eigenvalue weighted by molar-refractivity contribution is -0.858. The van der Waals surface area contributed by atoms with Crippen LogP contribution in [0.15, 0.2) is 6.33 Å². The van der Waals surface area contributed by atoms with Crippen LogP contribution in [0.1, 0.15) is 37.4 Å². The number of hydrogen-bond acceptors (Lipinski definition) is 3. The monoisotopic (exact) mass is 304 g/mol. The van der Waals surface area contributed by atoms with E-state index in [2.05, 4.69) is 54.7 Å². The zero-order valence-corrected chi connectivity index (χ0v) is 14.7. The van der Waals surface area contributed by atoms with Gasteiger partial charge in [-0.2, -0.15) is 0 Å². The fraction of sp³-hybridized carbons (Fsp3) is 0.647. The number of nitrogens with zero attached hydrogens (tertiary/aromatic N) is 3. The molecule has 0 spiro atoms. The molecule has 0 fully saturated rings. The molecular formula is C17H30N5+. The first kappa shape index (κ1) is 16.7. The summed E-state index contributed by atoms with van der Waals surface area (Å²) in [5, 5.41) is 4.66. The maximum atomic E-state index is 4.55. The van der Waals surface area contributed by atoms with Gasteiger partial charge >= 0.3 is 0 Å². The van der Waals surface area contributed by atoms with E-state index < -0.39 is 0 Å². The number of aryl methyl sites for hydroxylation is 2. The Labute approximate surface area is 133 Å². The number of fused-ring (bicyclic) bond motifs is 1. The van der Waals surface area contributed by atoms with Gasteiger partial charge in [0, 0.05) is 25.2 Å². The molecule has 5 heteroatoms. The molecule has 0 amide bonds. The molecule has 0 atom stereocenters. The topological polar surface area (TPSA) is 47.2 Å². The van der Waals surface area contributed by atoms with Crippen molar-refractivity contribution in [2.75, 3.05) is 32.5 Å². The zero-order chi connectivity index (χ0) is 16.1. The molecule has 0 radical (unpaired) electrons. The third-order valence-corrected chi connectivity index (χ3v) is 4.29. The van der Waals surface area contributed by atoms with Crippen LogP contribution in [0.3, 0.4) is 0 Å². The van der Waals surface area contributed by atoms with Gasteiger partial charge in [0.2, 0.25) is 0 Å². The van der Waals surface area contributed by atoms with Gasteiger partial charge in [0.1, 0.15) is 17.8 Å². The second-order valence-corrected chi connectivity index (χ2v) is 6.37. The summed E-state index contributed by atoms with van der Waals surface area (Å²) < 4.78 is 2.35. The molecule has 0 aliphatic carbocycles. The molecule has 5 nitrogen and oxygen atoms in total. The molecule has 0 unspecified atom stereocenters. The van der Waals surface area contributed by atoms with Crippen LogP contribution in [0.4, 0.5) is 5.82 Å². The summed E-state index contributed by atoms with van der Waals surface area (Å²) in [5.41, 5.74) is 3.67. The molecule has 2 aromatic rings. The smallest absolute Gasteiger partial charge is 0.145 e. The highest BCUT2D eigenvalue weighted by Gasteiger charge is 2.16. The lowest BCUT2D eigenvalue weighted by Gasteiger charge is -2.10. The first-order valence-corrected chi connectivity index (χ1v) is 8.39. The summed E-state index contributed by atoms with van der Waals surface area (Å²) >= 11 is 0. The fourth-order valence-corrected chi connectivity index (χ4v) is 2.85. The number of hydrogen-bond donors (Lipinski definition) is 2. The van der Waals surface area contributed by atoms with Crippen LogP contribution in [0.5, 0.6) is 0 Å². The third-order valence-electron chi connectivity index (χ3n) is 4.29. The Kier molecular flexibility index (Phi) is 5.77. The summed E-state index contributed by atoms with van der Waals surface area (Å²) in [6, 6.07) is 0. The number of rotatable bonds is 8. The van der Waals surface area contributed by atoms with Gasteiger partial charge in [0.15, 0.2) is 0 Å². The van der Waals surface area contributed by atoms with Crippen LogP contribution in [0, 0.1) is 13.8 Å². The molecule has 2 heterocycles. The molecule has 0 saturated heterocycles. The van der Waals surface area contributed by atoms with Crippen molar-refractivity contribution in [2.45, 2.75) is 46.6 Å². The molecule has 0 aliphatic heterocycles. The van der Waals surface area contributed by atoms with Crippen LogP contribution >= 0.6 is 0 Å². The number of aromatic nitrogens is 3. The number of anilines is 1. The Balaban J connectivity index is 2.30. The molecule has 0 saturated carbocycles. The SMILES string of the molecule is CCCCNc1ncnc2c1c(C)c(C)n2CCC[NH+](C)C. The van der Waals surface area contributed by atoms with E-state index in [0.29, 0.717) is 0 Å². The third kappa shape index (κ3) is 3.58. The molecule has 2 rings (SSSR count). The maximum Gasteiger partial charge on any atom is 0.145 e. The number of quaternary nitrogens is 1. The summed E-state index contributed by atoms with van der Waals surface area (Å²) in [6.45, 7) is 9.73. The van der Waals surface area contributed by atoms with Crippen molar-refractivity contribution < 1.29 is 4.90 Å². The van der Waals surface area contributed by atoms with Crippen molar-refractivity contribution in [1.82, 2.24) is 14.5 Å². The summed E-state index contributed by atoms with van der Waals surface area (Å²) in [6.07, 6.45) is 5.20. The van der Waals surface area contributed by atoms with Crippen molar-refractivity contribution in [3.8, 4) is 0 Å². The minimum Gasteiger partial charge on any atom is -0.369 e. The Morgan fingerprint density at radius 3 is 2.64 bits per heavy atom. The minimum atomic E-state index is 0.969. The molecule has 0 bridgehead atoms. The summed E-state index contributed by atoms with van der Waals surface area (Å²) in [4.78, 5) is 10.5. The van der Waals surface area contributed by atoms with Crippen molar-refractivity contribution >= 4 is 16.9 Å². The van der Waals surface area contributed by atoms with E-state index in [1.807, 2.05) is 0 Å². The van der Waals surface area contributed by atoms with Crippen molar-refractivity contribution in [1.29, 1.82) is 0 Å². The Hall–Kier alpha value is -1.62. The van der Waals surface area contributed by atoms with Crippen molar-refractivity contribution in [3.05, 3.63) is 17.6 Å². The summed E-state index contributed by atoms with van der Waals surface area (Å²) in [5.74, 6) is 0.982. The Bertz CT molecular complexity index is 615. The Morgan fingerprint density at radius 1 is 1.18 bits per heavy atom. The van der Waals surface area contributed by atoms with Crippen LogP contribution in [-0.4, -0.2) is 41.7 Å². The normalized spacial score (nSPS) is 11.5. The highest BCUT2D eigenvalue weighted by Crippen LogP contribution is 2.28. The zero-order valence-electron chi connectivity index (χ0n) is 14.7. The lowest BCUT2D eigenvalue weighted by atomic mass is 10.2. The van der Waals surface area contributed by atoms with E-state index in [-0.39, 0.29) is 0 Å². The van der Waals surface area contributed by atoms with Gasteiger partial charge in [-0.05, 0) is 25.8 Å². The van der Waals surface area contributed by atoms with E-state index in [1.54, 1.807) is 6.33 Å². The van der Waals surface area contributed by atoms with Crippen molar-refractivity contribution in [3.63, 3.8) is 0 Å². The first-order valence-electron chi connectivity index (χ1n) is 8.39. The second-order valence-electron chi connectivity index (χ2n) is 6.37. The van der Waals surface area contributed by atoms with Crippen LogP contribution in [0.25, 0.3) is 11.0 Å². The predicted octanol–water partition coefficient (Wildman–Crippen LogP) is 1.79. The van der Waals surface area contributed by atoms with E-state index in [1.165, 1.54) is 34.5 Å². The van der Waals surface area contributed by atoms with Gasteiger partial charge < -0.3 is 14.8 Å². The van der Waals surface area contributed by atoms with Gasteiger partial charge in [-0.3, -0.25) is 0 Å². The lowest BCUT2D eigenvalue weighted by Crippen LogP contribution is -3.05. The second kappa shape index (κ2) is 7.58. The van der Waals surface area contributed by atoms with Gasteiger partial charge in [-0.1, -0.05) is 13.3 Å². The molecule has 22 heavy (non-hydrogen) atoms. The van der Waals surface area contributed by atoms with Gasteiger partial charge in [-0.15, -0.1) is 0 Å². The highest BCUT2D eigenvalue weighted by atomic mass is 15.1. The summed E-state index contributed by atoms with van der Waals surface area (Å²) in [7, 11) is 4.40. The molecular weight excluding hydrogens is 274 g/mol. The highest BCUT2D eigenvalue weighted by molar-refractivity contribution is 5.91. The van der Waals surface area contributed by atoms with Gasteiger partial charge in [-0.25, -0.2) is 9.97 Å². The van der Waals surface area contributed by atoms with Gasteiger partial charge in [0.05, 0.1) is 26.0 Å². The van der Waals surface area contributed by atoms with Gasteiger partial charge in [0.25, 0.3) is 0 Å². The van der Waals surface area contributed by atoms with Crippen molar-refractivity contribution in [2.24, 2.45) is 0 Å². The standard InChI is InChI=1S/C17H29N5/c1-6-7-9-18-16-15-13(2)14(3)22(11-8-10-21(4)5)17(15)20-12-19-16/h12H,6-11H2,1-5H3,(H,18,19,20)/p+1. The maximum absolute atomic E-state index is 4.55. The van der Waals surface area contributed by atoms with Crippen LogP contribution < -0.4 is 10.2 Å². The predicted molar refractivity (Wildman–Crippen MR) is 92.7 cm³/mol. The average molecular weight is 304 g/mol. The molecule has 2 N–H and O–H groups in total. The minimum absolute atomic E-state index is 0.969. The Morgan fingerprint density at radius 2 is 1.95 bits per heavy atom. The fourth-order valence-electron chi connectivity index (χ4n) is 2.85. The van der Waals surface area contributed by atoms with E-state index >= 15 is 0 Å². The van der Waals surface area contributed by atoms with Crippen LogP contribution in [0.2, 0.25) is 0 Å². The molecule has 0 aliphatic rings. The van der Waals surface area contributed by atoms with E-state index in [0.717, 1.165) is 37.4 Å².